The molecule has 1 N–H and O–H groups in total. The van der Waals surface area contributed by atoms with Crippen LogP contribution in [0.1, 0.15) is 18.4 Å². The van der Waals surface area contributed by atoms with E-state index in [2.05, 4.69) is 0 Å². The molecule has 1 amide bonds. The van der Waals surface area contributed by atoms with Crippen LogP contribution in [-0.4, -0.2) is 35.8 Å². The van der Waals surface area contributed by atoms with Crippen LogP contribution < -0.4 is 0 Å². The molecule has 1 aromatic carbocycles. The summed E-state index contributed by atoms with van der Waals surface area (Å²) in [5.74, 6) is 0.218. The number of rotatable bonds is 2. The Labute approximate surface area is 116 Å². The number of carboxylic acid groups (broad SMARTS) is 1. The van der Waals surface area contributed by atoms with Crippen molar-refractivity contribution in [2.75, 3.05) is 19.7 Å². The molecule has 0 aromatic heterocycles. The minimum Gasteiger partial charge on any atom is -0.465 e. The Kier molecular flexibility index (Phi) is 3.15. The number of ether oxygens (including phenoxy) is 1. The van der Waals surface area contributed by atoms with Crippen molar-refractivity contribution in [2.24, 2.45) is 5.92 Å². The zero-order valence-corrected chi connectivity index (χ0v) is 11.3. The molecule has 2 atom stereocenters. The smallest absolute Gasteiger partial charge is 0.407 e. The molecule has 2 aliphatic rings. The first-order valence-electron chi connectivity index (χ1n) is 6.50. The third kappa shape index (κ3) is 2.30. The Morgan fingerprint density at radius 1 is 1.53 bits per heavy atom. The number of hydrogen-bond acceptors (Lipinski definition) is 2. The molecule has 2 saturated heterocycles. The molecule has 0 spiro atoms. The fourth-order valence-corrected chi connectivity index (χ4v) is 3.19. The molecule has 3 rings (SSSR count). The van der Waals surface area contributed by atoms with E-state index in [9.17, 15) is 4.79 Å². The van der Waals surface area contributed by atoms with Gasteiger partial charge in [-0.05, 0) is 30.5 Å². The first-order chi connectivity index (χ1) is 9.12. The van der Waals surface area contributed by atoms with Gasteiger partial charge in [-0.2, -0.15) is 0 Å². The lowest BCUT2D eigenvalue weighted by Gasteiger charge is -2.34. The van der Waals surface area contributed by atoms with Gasteiger partial charge in [0.2, 0.25) is 0 Å². The predicted molar refractivity (Wildman–Crippen MR) is 71.4 cm³/mol. The van der Waals surface area contributed by atoms with E-state index in [0.29, 0.717) is 24.7 Å². The van der Waals surface area contributed by atoms with Gasteiger partial charge in [0.05, 0.1) is 6.61 Å². The van der Waals surface area contributed by atoms with Crippen LogP contribution >= 0.6 is 11.6 Å². The zero-order valence-electron chi connectivity index (χ0n) is 10.5. The lowest BCUT2D eigenvalue weighted by atomic mass is 9.81. The second-order valence-electron chi connectivity index (χ2n) is 5.26. The van der Waals surface area contributed by atoms with E-state index in [-0.39, 0.29) is 11.5 Å². The number of likely N-dealkylation sites (tertiary alicyclic amines) is 1. The molecule has 2 heterocycles. The van der Waals surface area contributed by atoms with E-state index in [4.69, 9.17) is 21.4 Å². The molecule has 19 heavy (non-hydrogen) atoms. The first-order valence-corrected chi connectivity index (χ1v) is 6.87. The number of epoxide rings is 1. The predicted octanol–water partition coefficient (Wildman–Crippen LogP) is 2.96. The molecular formula is C14H16ClNO3. The maximum absolute atomic E-state index is 11.1. The third-order valence-electron chi connectivity index (χ3n) is 4.12. The van der Waals surface area contributed by atoms with Crippen molar-refractivity contribution in [3.8, 4) is 0 Å². The Balaban J connectivity index is 1.83. The second kappa shape index (κ2) is 4.69. The van der Waals surface area contributed by atoms with Gasteiger partial charge in [-0.3, -0.25) is 0 Å². The highest BCUT2D eigenvalue weighted by molar-refractivity contribution is 6.30. The van der Waals surface area contributed by atoms with Crippen LogP contribution in [-0.2, 0) is 10.3 Å². The molecular weight excluding hydrogens is 266 g/mol. The zero-order chi connectivity index (χ0) is 13.5. The van der Waals surface area contributed by atoms with Crippen molar-refractivity contribution in [3.63, 3.8) is 0 Å². The highest BCUT2D eigenvalue weighted by Crippen LogP contribution is 2.49. The summed E-state index contributed by atoms with van der Waals surface area (Å²) in [6.07, 6.45) is 1.05. The fraction of sp³-hybridized carbons (Fsp3) is 0.500. The minimum absolute atomic E-state index is 0.218. The third-order valence-corrected chi connectivity index (χ3v) is 4.36. The summed E-state index contributed by atoms with van der Waals surface area (Å²) < 4.78 is 5.73. The van der Waals surface area contributed by atoms with Gasteiger partial charge in [-0.1, -0.05) is 23.7 Å². The average molecular weight is 282 g/mol. The van der Waals surface area contributed by atoms with Crippen LogP contribution in [0.15, 0.2) is 24.3 Å². The van der Waals surface area contributed by atoms with Gasteiger partial charge >= 0.3 is 6.09 Å². The Morgan fingerprint density at radius 3 is 2.95 bits per heavy atom. The molecule has 2 fully saturated rings. The van der Waals surface area contributed by atoms with Crippen LogP contribution in [0.4, 0.5) is 4.79 Å². The number of carbonyl (C=O) groups is 1. The minimum atomic E-state index is -0.841. The highest BCUT2D eigenvalue weighted by atomic mass is 35.5. The Morgan fingerprint density at radius 2 is 2.32 bits per heavy atom. The van der Waals surface area contributed by atoms with E-state index in [0.717, 1.165) is 18.4 Å². The second-order valence-corrected chi connectivity index (χ2v) is 5.69. The van der Waals surface area contributed by atoms with Crippen molar-refractivity contribution in [1.82, 2.24) is 4.90 Å². The van der Waals surface area contributed by atoms with Crippen molar-refractivity contribution in [1.29, 1.82) is 0 Å². The quantitative estimate of drug-likeness (QED) is 0.848. The fourth-order valence-electron chi connectivity index (χ4n) is 3.00. The van der Waals surface area contributed by atoms with Gasteiger partial charge < -0.3 is 14.7 Å². The SMILES string of the molecule is O=C(O)N1CCCC(C2(c3cccc(Cl)c3)CO2)C1. The molecule has 4 nitrogen and oxygen atoms in total. The molecule has 102 valence electrons. The monoisotopic (exact) mass is 281 g/mol. The summed E-state index contributed by atoms with van der Waals surface area (Å²) in [6.45, 7) is 1.82. The van der Waals surface area contributed by atoms with E-state index >= 15 is 0 Å². The van der Waals surface area contributed by atoms with E-state index < -0.39 is 6.09 Å². The van der Waals surface area contributed by atoms with E-state index in [1.54, 1.807) is 0 Å². The van der Waals surface area contributed by atoms with Gasteiger partial charge in [0.1, 0.15) is 5.60 Å². The summed E-state index contributed by atoms with van der Waals surface area (Å²) >= 11 is 6.04. The number of piperidine rings is 1. The van der Waals surface area contributed by atoms with Crippen LogP contribution in [0.5, 0.6) is 0 Å². The summed E-state index contributed by atoms with van der Waals surface area (Å²) in [5, 5.41) is 9.81. The summed E-state index contributed by atoms with van der Waals surface area (Å²) in [7, 11) is 0. The highest BCUT2D eigenvalue weighted by Gasteiger charge is 2.54. The molecule has 1 aromatic rings. The Bertz CT molecular complexity index is 501. The van der Waals surface area contributed by atoms with Gasteiger partial charge in [0, 0.05) is 24.0 Å². The molecule has 0 saturated carbocycles. The summed E-state index contributed by atoms with van der Waals surface area (Å²) in [6, 6.07) is 7.69. The molecule has 0 radical (unpaired) electrons. The molecule has 2 unspecified atom stereocenters. The van der Waals surface area contributed by atoms with Gasteiger partial charge in [0.25, 0.3) is 0 Å². The molecule has 5 heteroatoms. The lowest BCUT2D eigenvalue weighted by Crippen LogP contribution is -2.43. The largest absolute Gasteiger partial charge is 0.465 e. The standard InChI is InChI=1S/C14H16ClNO3/c15-12-5-1-3-10(7-12)14(9-19-14)11-4-2-6-16(8-11)13(17)18/h1,3,5,7,11H,2,4,6,8-9H2,(H,17,18). The Hall–Kier alpha value is -1.26. The van der Waals surface area contributed by atoms with Crippen LogP contribution in [0, 0.1) is 5.92 Å². The summed E-state index contributed by atoms with van der Waals surface area (Å²) in [4.78, 5) is 12.6. The molecule has 2 aliphatic heterocycles. The summed E-state index contributed by atoms with van der Waals surface area (Å²) in [5.41, 5.74) is 0.746. The molecule has 0 bridgehead atoms. The number of amides is 1. The number of hydrogen-bond donors (Lipinski definition) is 1. The van der Waals surface area contributed by atoms with E-state index in [1.165, 1.54) is 4.90 Å². The first kappa shape index (κ1) is 12.8. The maximum atomic E-state index is 11.1. The van der Waals surface area contributed by atoms with Gasteiger partial charge in [-0.25, -0.2) is 4.79 Å². The lowest BCUT2D eigenvalue weighted by molar-refractivity contribution is 0.0903. The maximum Gasteiger partial charge on any atom is 0.407 e. The molecule has 0 aliphatic carbocycles. The van der Waals surface area contributed by atoms with Crippen molar-refractivity contribution in [2.45, 2.75) is 18.4 Å². The van der Waals surface area contributed by atoms with Crippen molar-refractivity contribution >= 4 is 17.7 Å². The average Bonchev–Trinajstić information content (AvgIpc) is 3.20. The van der Waals surface area contributed by atoms with Crippen molar-refractivity contribution in [3.05, 3.63) is 34.9 Å². The van der Waals surface area contributed by atoms with E-state index in [1.807, 2.05) is 24.3 Å². The number of benzene rings is 1. The van der Waals surface area contributed by atoms with Crippen molar-refractivity contribution < 1.29 is 14.6 Å². The van der Waals surface area contributed by atoms with Gasteiger partial charge in [-0.15, -0.1) is 0 Å². The van der Waals surface area contributed by atoms with Crippen LogP contribution in [0.3, 0.4) is 0 Å². The topological polar surface area (TPSA) is 53.1 Å². The number of halogens is 1. The van der Waals surface area contributed by atoms with Crippen LogP contribution in [0.25, 0.3) is 0 Å². The van der Waals surface area contributed by atoms with Gasteiger partial charge in [0.15, 0.2) is 0 Å². The number of nitrogens with zero attached hydrogens (tertiary/aromatic N) is 1. The van der Waals surface area contributed by atoms with Crippen LogP contribution in [0.2, 0.25) is 5.02 Å². The normalized spacial score (nSPS) is 30.2.